The van der Waals surface area contributed by atoms with Crippen molar-refractivity contribution in [2.75, 3.05) is 5.43 Å². The van der Waals surface area contributed by atoms with Crippen molar-refractivity contribution in [1.29, 1.82) is 0 Å². The highest BCUT2D eigenvalue weighted by atomic mass is 32.2. The fourth-order valence-corrected chi connectivity index (χ4v) is 2.51. The zero-order valence-corrected chi connectivity index (χ0v) is 12.5. The van der Waals surface area contributed by atoms with E-state index in [1.807, 2.05) is 30.3 Å². The molecule has 0 saturated carbocycles. The van der Waals surface area contributed by atoms with Crippen molar-refractivity contribution in [2.45, 2.75) is 10.9 Å². The molecule has 0 amide bonds. The zero-order valence-electron chi connectivity index (χ0n) is 11.7. The number of nitrogens with zero attached hydrogens (tertiary/aromatic N) is 3. The SMILES string of the molecule is C(=NNc1ccnc(SCc2ccccc2)n1)c1ccco1. The van der Waals surface area contributed by atoms with Gasteiger partial charge in [0.1, 0.15) is 5.76 Å². The Hall–Kier alpha value is -2.60. The maximum absolute atomic E-state index is 5.16. The molecule has 1 aromatic carbocycles. The van der Waals surface area contributed by atoms with Gasteiger partial charge in [-0.3, -0.25) is 5.43 Å². The lowest BCUT2D eigenvalue weighted by atomic mass is 10.2. The van der Waals surface area contributed by atoms with Crippen molar-refractivity contribution < 1.29 is 4.42 Å². The summed E-state index contributed by atoms with van der Waals surface area (Å²) < 4.78 is 5.16. The molecule has 1 N–H and O–H groups in total. The number of anilines is 1. The molecule has 22 heavy (non-hydrogen) atoms. The Morgan fingerprint density at radius 1 is 1.14 bits per heavy atom. The van der Waals surface area contributed by atoms with E-state index in [9.17, 15) is 0 Å². The number of hydrogen-bond donors (Lipinski definition) is 1. The van der Waals surface area contributed by atoms with Crippen LogP contribution in [0.5, 0.6) is 0 Å². The third-order valence-corrected chi connectivity index (χ3v) is 3.69. The number of furan rings is 1. The van der Waals surface area contributed by atoms with Crippen LogP contribution in [0.15, 0.2) is 75.7 Å². The maximum atomic E-state index is 5.16. The van der Waals surface area contributed by atoms with Crippen molar-refractivity contribution >= 4 is 23.8 Å². The van der Waals surface area contributed by atoms with Crippen LogP contribution in [-0.2, 0) is 5.75 Å². The summed E-state index contributed by atoms with van der Waals surface area (Å²) in [5, 5.41) is 4.79. The van der Waals surface area contributed by atoms with Gasteiger partial charge in [-0.25, -0.2) is 9.97 Å². The average Bonchev–Trinajstić information content (AvgIpc) is 3.08. The number of aromatic nitrogens is 2. The van der Waals surface area contributed by atoms with E-state index in [1.54, 1.807) is 36.5 Å². The average molecular weight is 310 g/mol. The van der Waals surface area contributed by atoms with Crippen molar-refractivity contribution in [3.63, 3.8) is 0 Å². The van der Waals surface area contributed by atoms with Gasteiger partial charge in [0.25, 0.3) is 0 Å². The van der Waals surface area contributed by atoms with E-state index in [1.165, 1.54) is 5.56 Å². The quantitative estimate of drug-likeness (QED) is 0.325. The van der Waals surface area contributed by atoms with E-state index in [2.05, 4.69) is 32.6 Å². The summed E-state index contributed by atoms with van der Waals surface area (Å²) in [4.78, 5) is 8.66. The minimum atomic E-state index is 0.647. The Morgan fingerprint density at radius 3 is 2.86 bits per heavy atom. The molecule has 6 heteroatoms. The Bertz CT molecular complexity index is 729. The lowest BCUT2D eigenvalue weighted by Crippen LogP contribution is -1.95. The molecule has 2 aromatic heterocycles. The summed E-state index contributed by atoms with van der Waals surface area (Å²) in [6.45, 7) is 0. The second-order valence-electron chi connectivity index (χ2n) is 4.38. The summed E-state index contributed by atoms with van der Waals surface area (Å²) in [7, 11) is 0. The highest BCUT2D eigenvalue weighted by Crippen LogP contribution is 2.19. The molecule has 0 radical (unpaired) electrons. The Balaban J connectivity index is 1.58. The maximum Gasteiger partial charge on any atom is 0.189 e. The minimum absolute atomic E-state index is 0.647. The summed E-state index contributed by atoms with van der Waals surface area (Å²) in [5.41, 5.74) is 4.11. The predicted octanol–water partition coefficient (Wildman–Crippen LogP) is 3.81. The summed E-state index contributed by atoms with van der Waals surface area (Å²) >= 11 is 1.59. The van der Waals surface area contributed by atoms with E-state index in [0.29, 0.717) is 16.7 Å². The van der Waals surface area contributed by atoms with Gasteiger partial charge < -0.3 is 4.42 Å². The number of nitrogens with one attached hydrogen (secondary N) is 1. The molecule has 5 nitrogen and oxygen atoms in total. The van der Waals surface area contributed by atoms with Crippen LogP contribution < -0.4 is 5.43 Å². The standard InChI is InChI=1S/C16H14N4OS/c1-2-5-13(6-3-1)12-22-16-17-9-8-15(19-16)20-18-11-14-7-4-10-21-14/h1-11H,12H2,(H,17,19,20). The zero-order chi connectivity index (χ0) is 15.0. The highest BCUT2D eigenvalue weighted by Gasteiger charge is 2.00. The fourth-order valence-electron chi connectivity index (χ4n) is 1.72. The van der Waals surface area contributed by atoms with Crippen LogP contribution in [0.1, 0.15) is 11.3 Å². The summed E-state index contributed by atoms with van der Waals surface area (Å²) in [6.07, 6.45) is 4.91. The highest BCUT2D eigenvalue weighted by molar-refractivity contribution is 7.98. The minimum Gasteiger partial charge on any atom is -0.463 e. The summed E-state index contributed by atoms with van der Waals surface area (Å²) in [5.74, 6) is 2.16. The molecule has 3 aromatic rings. The van der Waals surface area contributed by atoms with Gasteiger partial charge in [0.05, 0.1) is 12.5 Å². The second kappa shape index (κ2) is 7.42. The van der Waals surface area contributed by atoms with Crippen LogP contribution in [-0.4, -0.2) is 16.2 Å². The predicted molar refractivity (Wildman–Crippen MR) is 88.0 cm³/mol. The van der Waals surface area contributed by atoms with Crippen molar-refractivity contribution in [3.8, 4) is 0 Å². The Morgan fingerprint density at radius 2 is 2.05 bits per heavy atom. The van der Waals surface area contributed by atoms with E-state index in [4.69, 9.17) is 4.42 Å². The van der Waals surface area contributed by atoms with Crippen LogP contribution in [0, 0.1) is 0 Å². The Labute approximate surface area is 132 Å². The van der Waals surface area contributed by atoms with Crippen LogP contribution >= 0.6 is 11.8 Å². The van der Waals surface area contributed by atoms with Gasteiger partial charge in [-0.2, -0.15) is 5.10 Å². The first-order chi connectivity index (χ1) is 10.9. The van der Waals surface area contributed by atoms with E-state index in [0.717, 1.165) is 5.75 Å². The van der Waals surface area contributed by atoms with Gasteiger partial charge >= 0.3 is 0 Å². The first kappa shape index (κ1) is 14.3. The molecular formula is C16H14N4OS. The van der Waals surface area contributed by atoms with Gasteiger partial charge in [0, 0.05) is 18.0 Å². The molecule has 0 aliphatic heterocycles. The molecular weight excluding hydrogens is 296 g/mol. The summed E-state index contributed by atoms with van der Waals surface area (Å²) in [6, 6.07) is 15.6. The van der Waals surface area contributed by atoms with Crippen molar-refractivity contribution in [2.24, 2.45) is 5.10 Å². The molecule has 0 saturated heterocycles. The number of thioether (sulfide) groups is 1. The third kappa shape index (κ3) is 4.20. The molecule has 110 valence electrons. The number of hydrazone groups is 1. The molecule has 0 unspecified atom stereocenters. The largest absolute Gasteiger partial charge is 0.463 e. The normalized spacial score (nSPS) is 10.9. The third-order valence-electron chi connectivity index (χ3n) is 2.76. The fraction of sp³-hybridized carbons (Fsp3) is 0.0625. The van der Waals surface area contributed by atoms with Crippen molar-refractivity contribution in [3.05, 3.63) is 72.3 Å². The Kier molecular flexibility index (Phi) is 4.84. The van der Waals surface area contributed by atoms with Gasteiger partial charge in [-0.1, -0.05) is 42.1 Å². The van der Waals surface area contributed by atoms with E-state index in [-0.39, 0.29) is 0 Å². The van der Waals surface area contributed by atoms with E-state index < -0.39 is 0 Å². The smallest absolute Gasteiger partial charge is 0.189 e. The molecule has 0 aliphatic rings. The number of hydrogen-bond acceptors (Lipinski definition) is 6. The van der Waals surface area contributed by atoms with Gasteiger partial charge in [0.2, 0.25) is 0 Å². The lowest BCUT2D eigenvalue weighted by Gasteiger charge is -2.03. The van der Waals surface area contributed by atoms with Gasteiger partial charge in [-0.15, -0.1) is 0 Å². The first-order valence-electron chi connectivity index (χ1n) is 6.72. The van der Waals surface area contributed by atoms with Crippen LogP contribution in [0.3, 0.4) is 0 Å². The van der Waals surface area contributed by atoms with Crippen LogP contribution in [0.25, 0.3) is 0 Å². The van der Waals surface area contributed by atoms with E-state index >= 15 is 0 Å². The molecule has 0 atom stereocenters. The molecule has 0 fully saturated rings. The first-order valence-corrected chi connectivity index (χ1v) is 7.71. The van der Waals surface area contributed by atoms with Gasteiger partial charge in [-0.05, 0) is 17.7 Å². The molecule has 0 aliphatic carbocycles. The number of benzene rings is 1. The molecule has 0 bridgehead atoms. The second-order valence-corrected chi connectivity index (χ2v) is 5.33. The van der Waals surface area contributed by atoms with Crippen molar-refractivity contribution in [1.82, 2.24) is 9.97 Å². The topological polar surface area (TPSA) is 63.3 Å². The van der Waals surface area contributed by atoms with Crippen LogP contribution in [0.2, 0.25) is 0 Å². The number of rotatable bonds is 6. The molecule has 3 rings (SSSR count). The molecule has 2 heterocycles. The van der Waals surface area contributed by atoms with Gasteiger partial charge in [0.15, 0.2) is 11.0 Å². The lowest BCUT2D eigenvalue weighted by molar-refractivity contribution is 0.560. The monoisotopic (exact) mass is 310 g/mol. The van der Waals surface area contributed by atoms with Crippen LogP contribution in [0.4, 0.5) is 5.82 Å². The molecule has 0 spiro atoms.